The van der Waals surface area contributed by atoms with Crippen LogP contribution in [0.25, 0.3) is 0 Å². The summed E-state index contributed by atoms with van der Waals surface area (Å²) in [4.78, 5) is 0. The summed E-state index contributed by atoms with van der Waals surface area (Å²) < 4.78 is 38.9. The van der Waals surface area contributed by atoms with Gasteiger partial charge in [0.1, 0.15) is 5.82 Å². The van der Waals surface area contributed by atoms with Crippen LogP contribution in [0.4, 0.5) is 13.2 Å². The van der Waals surface area contributed by atoms with Gasteiger partial charge >= 0.3 is 0 Å². The summed E-state index contributed by atoms with van der Waals surface area (Å²) in [6.07, 6.45) is -0.694. The van der Waals surface area contributed by atoms with Crippen LogP contribution in [-0.2, 0) is 0 Å². The first-order valence-electron chi connectivity index (χ1n) is 5.03. The molecule has 90 valence electrons. The van der Waals surface area contributed by atoms with Crippen LogP contribution >= 0.6 is 0 Å². The number of hydrogen-bond acceptors (Lipinski definition) is 2. The molecule has 0 aromatic heterocycles. The van der Waals surface area contributed by atoms with E-state index in [1.165, 1.54) is 0 Å². The summed E-state index contributed by atoms with van der Waals surface area (Å²) in [5, 5.41) is 9.77. The van der Waals surface area contributed by atoms with Gasteiger partial charge in [0, 0.05) is 17.5 Å². The van der Waals surface area contributed by atoms with Crippen LogP contribution in [0.15, 0.2) is 12.1 Å². The fourth-order valence-electron chi connectivity index (χ4n) is 1.54. The van der Waals surface area contributed by atoms with Crippen LogP contribution in [0.2, 0.25) is 0 Å². The number of aliphatic hydroxyl groups excluding tert-OH is 1. The molecular formula is C11H14F3NO. The molecule has 0 radical (unpaired) electrons. The second-order valence-corrected chi connectivity index (χ2v) is 3.64. The molecule has 0 aliphatic rings. The van der Waals surface area contributed by atoms with Crippen molar-refractivity contribution in [2.24, 2.45) is 11.7 Å². The van der Waals surface area contributed by atoms with Gasteiger partial charge in [0.15, 0.2) is 11.6 Å². The normalized spacial score (nSPS) is 14.9. The first-order chi connectivity index (χ1) is 7.51. The zero-order valence-corrected chi connectivity index (χ0v) is 8.88. The summed E-state index contributed by atoms with van der Waals surface area (Å²) in [7, 11) is 0. The fraction of sp³-hybridized carbons (Fsp3) is 0.455. The van der Waals surface area contributed by atoms with Gasteiger partial charge in [0.25, 0.3) is 0 Å². The summed E-state index contributed by atoms with van der Waals surface area (Å²) in [6.45, 7) is 1.93. The third-order valence-electron chi connectivity index (χ3n) is 2.63. The highest BCUT2D eigenvalue weighted by Crippen LogP contribution is 2.27. The summed E-state index contributed by atoms with van der Waals surface area (Å²) in [5.41, 5.74) is 5.14. The van der Waals surface area contributed by atoms with Crippen molar-refractivity contribution >= 4 is 0 Å². The predicted octanol–water partition coefficient (Wildman–Crippen LogP) is 2.12. The minimum absolute atomic E-state index is 0.149. The van der Waals surface area contributed by atoms with Gasteiger partial charge < -0.3 is 10.8 Å². The molecule has 0 spiro atoms. The van der Waals surface area contributed by atoms with Gasteiger partial charge in [0.05, 0.1) is 6.10 Å². The van der Waals surface area contributed by atoms with E-state index in [4.69, 9.17) is 5.73 Å². The third-order valence-corrected chi connectivity index (χ3v) is 2.63. The summed E-state index contributed by atoms with van der Waals surface area (Å²) in [5.74, 6) is -3.78. The molecule has 5 heteroatoms. The second-order valence-electron chi connectivity index (χ2n) is 3.64. The van der Waals surface area contributed by atoms with Crippen LogP contribution in [0.5, 0.6) is 0 Å². The fourth-order valence-corrected chi connectivity index (χ4v) is 1.54. The SMILES string of the molecule is CCC(CN)C(O)c1cc(F)c(F)cc1F. The molecule has 0 saturated heterocycles. The summed E-state index contributed by atoms with van der Waals surface area (Å²) in [6, 6.07) is 1.10. The monoisotopic (exact) mass is 233 g/mol. The first-order valence-corrected chi connectivity index (χ1v) is 5.03. The van der Waals surface area contributed by atoms with E-state index in [1.807, 2.05) is 0 Å². The average Bonchev–Trinajstić information content (AvgIpc) is 2.25. The largest absolute Gasteiger partial charge is 0.388 e. The van der Waals surface area contributed by atoms with Gasteiger partial charge in [-0.25, -0.2) is 13.2 Å². The number of aliphatic hydroxyl groups is 1. The van der Waals surface area contributed by atoms with Crippen molar-refractivity contribution in [1.29, 1.82) is 0 Å². The summed E-state index contributed by atoms with van der Waals surface area (Å²) >= 11 is 0. The number of hydrogen-bond donors (Lipinski definition) is 2. The van der Waals surface area contributed by atoms with Crippen molar-refractivity contribution in [3.63, 3.8) is 0 Å². The van der Waals surface area contributed by atoms with E-state index in [9.17, 15) is 18.3 Å². The molecule has 1 aromatic carbocycles. The molecule has 0 heterocycles. The van der Waals surface area contributed by atoms with Crippen molar-refractivity contribution in [2.75, 3.05) is 6.54 Å². The minimum atomic E-state index is -1.27. The van der Waals surface area contributed by atoms with Crippen LogP contribution in [0.1, 0.15) is 25.0 Å². The Balaban J connectivity index is 3.07. The van der Waals surface area contributed by atoms with Gasteiger partial charge in [0.2, 0.25) is 0 Å². The zero-order chi connectivity index (χ0) is 12.3. The highest BCUT2D eigenvalue weighted by molar-refractivity contribution is 5.22. The Morgan fingerprint density at radius 1 is 1.19 bits per heavy atom. The maximum absolute atomic E-state index is 13.3. The van der Waals surface area contributed by atoms with Crippen LogP contribution in [0, 0.1) is 23.4 Å². The van der Waals surface area contributed by atoms with Gasteiger partial charge in [-0.3, -0.25) is 0 Å². The Bertz CT molecular complexity index is 366. The van der Waals surface area contributed by atoms with E-state index in [-0.39, 0.29) is 18.0 Å². The molecule has 1 rings (SSSR count). The predicted molar refractivity (Wildman–Crippen MR) is 54.1 cm³/mol. The molecule has 0 aliphatic heterocycles. The molecule has 0 saturated carbocycles. The number of benzene rings is 1. The molecule has 0 amide bonds. The molecule has 1 aromatic rings. The van der Waals surface area contributed by atoms with E-state index in [0.29, 0.717) is 18.6 Å². The van der Waals surface area contributed by atoms with Crippen molar-refractivity contribution < 1.29 is 18.3 Å². The Morgan fingerprint density at radius 2 is 1.75 bits per heavy atom. The Hall–Kier alpha value is -1.07. The zero-order valence-electron chi connectivity index (χ0n) is 8.88. The van der Waals surface area contributed by atoms with E-state index in [0.717, 1.165) is 0 Å². The van der Waals surface area contributed by atoms with E-state index in [2.05, 4.69) is 0 Å². The van der Waals surface area contributed by atoms with Crippen molar-refractivity contribution in [3.05, 3.63) is 35.1 Å². The Labute approximate surface area is 91.9 Å². The lowest BCUT2D eigenvalue weighted by Gasteiger charge is -2.20. The van der Waals surface area contributed by atoms with Gasteiger partial charge in [-0.2, -0.15) is 0 Å². The molecule has 3 N–H and O–H groups in total. The van der Waals surface area contributed by atoms with E-state index in [1.54, 1.807) is 6.92 Å². The lowest BCUT2D eigenvalue weighted by molar-refractivity contribution is 0.105. The first kappa shape index (κ1) is 13.0. The highest BCUT2D eigenvalue weighted by Gasteiger charge is 2.22. The Kier molecular flexibility index (Phi) is 4.32. The van der Waals surface area contributed by atoms with Crippen molar-refractivity contribution in [3.8, 4) is 0 Å². The minimum Gasteiger partial charge on any atom is -0.388 e. The van der Waals surface area contributed by atoms with Crippen LogP contribution in [-0.4, -0.2) is 11.7 Å². The van der Waals surface area contributed by atoms with Crippen LogP contribution < -0.4 is 5.73 Å². The third kappa shape index (κ3) is 2.54. The lowest BCUT2D eigenvalue weighted by atomic mass is 9.93. The molecule has 0 fully saturated rings. The molecule has 2 nitrogen and oxygen atoms in total. The molecule has 0 aliphatic carbocycles. The van der Waals surface area contributed by atoms with Crippen LogP contribution in [0.3, 0.4) is 0 Å². The van der Waals surface area contributed by atoms with E-state index < -0.39 is 23.6 Å². The standard InChI is InChI=1S/C11H14F3NO/c1-2-6(5-15)11(16)7-3-9(13)10(14)4-8(7)12/h3-4,6,11,16H,2,5,15H2,1H3. The van der Waals surface area contributed by atoms with E-state index >= 15 is 0 Å². The smallest absolute Gasteiger partial charge is 0.161 e. The highest BCUT2D eigenvalue weighted by atomic mass is 19.2. The van der Waals surface area contributed by atoms with Gasteiger partial charge in [-0.15, -0.1) is 0 Å². The molecule has 0 bridgehead atoms. The molecule has 2 atom stereocenters. The maximum Gasteiger partial charge on any atom is 0.161 e. The molecular weight excluding hydrogens is 219 g/mol. The van der Waals surface area contributed by atoms with Crippen molar-refractivity contribution in [1.82, 2.24) is 0 Å². The number of rotatable bonds is 4. The Morgan fingerprint density at radius 3 is 2.25 bits per heavy atom. The topological polar surface area (TPSA) is 46.2 Å². The number of nitrogens with two attached hydrogens (primary N) is 1. The molecule has 2 unspecified atom stereocenters. The maximum atomic E-state index is 13.3. The second kappa shape index (κ2) is 5.32. The number of halogens is 3. The van der Waals surface area contributed by atoms with Gasteiger partial charge in [-0.05, 0) is 19.0 Å². The van der Waals surface area contributed by atoms with Gasteiger partial charge in [-0.1, -0.05) is 6.92 Å². The average molecular weight is 233 g/mol. The lowest BCUT2D eigenvalue weighted by Crippen LogP contribution is -2.22. The van der Waals surface area contributed by atoms with Crippen molar-refractivity contribution in [2.45, 2.75) is 19.4 Å². The quantitative estimate of drug-likeness (QED) is 0.782. The molecule has 16 heavy (non-hydrogen) atoms.